The number of anilines is 1. The van der Waals surface area contributed by atoms with E-state index in [0.717, 1.165) is 25.9 Å². The molecule has 0 radical (unpaired) electrons. The summed E-state index contributed by atoms with van der Waals surface area (Å²) in [6.45, 7) is 4.08. The third kappa shape index (κ3) is 4.61. The van der Waals surface area contributed by atoms with Gasteiger partial charge in [-0.15, -0.1) is 11.3 Å². The van der Waals surface area contributed by atoms with Crippen molar-refractivity contribution in [3.05, 3.63) is 58.7 Å². The van der Waals surface area contributed by atoms with Crippen molar-refractivity contribution in [2.45, 2.75) is 32.4 Å². The lowest BCUT2D eigenvalue weighted by Gasteiger charge is -2.25. The predicted molar refractivity (Wildman–Crippen MR) is 128 cm³/mol. The quantitative estimate of drug-likeness (QED) is 0.537. The number of urea groups is 1. The Labute approximate surface area is 192 Å². The molecule has 0 unspecified atom stereocenters. The Morgan fingerprint density at radius 1 is 1.16 bits per heavy atom. The number of thiophene rings is 1. The molecule has 0 bridgehead atoms. The molecule has 4 rings (SSSR count). The minimum atomic E-state index is -0.251. The summed E-state index contributed by atoms with van der Waals surface area (Å²) in [4.78, 5) is 16.7. The van der Waals surface area contributed by atoms with Crippen LogP contribution in [0.4, 0.5) is 10.5 Å². The average molecular weight is 455 g/mol. The molecule has 7 nitrogen and oxygen atoms in total. The molecule has 0 saturated carbocycles. The summed E-state index contributed by atoms with van der Waals surface area (Å²) in [6, 6.07) is 9.04. The molecule has 1 atom stereocenters. The number of amides is 2. The zero-order valence-electron chi connectivity index (χ0n) is 19.0. The standard InChI is InChI=1S/C24H30N4O3S/c1-5-20(26-24(29)25-16-12-17(30-3)14-18(13-16)31-4)22-19-8-11-27(2)15-21(19)32-23(22)28-9-6-7-10-28/h6-7,9-10,12-14,20H,5,8,11,15H2,1-4H3,(H2,25,26,29)/t20-/m0/s1. The number of carbonyl (C=O) groups is 1. The predicted octanol–water partition coefficient (Wildman–Crippen LogP) is 4.82. The summed E-state index contributed by atoms with van der Waals surface area (Å²) in [7, 11) is 5.33. The van der Waals surface area contributed by atoms with Gasteiger partial charge in [0.05, 0.1) is 20.3 Å². The second kappa shape index (κ2) is 9.67. The normalized spacial score (nSPS) is 14.5. The molecule has 0 spiro atoms. The Bertz CT molecular complexity index is 1060. The summed E-state index contributed by atoms with van der Waals surface area (Å²) >= 11 is 1.82. The van der Waals surface area contributed by atoms with Crippen LogP contribution < -0.4 is 20.1 Å². The molecule has 3 heterocycles. The molecule has 1 aromatic carbocycles. The molecule has 8 heteroatoms. The molecular weight excluding hydrogens is 424 g/mol. The van der Waals surface area contributed by atoms with Crippen LogP contribution in [-0.4, -0.2) is 43.3 Å². The van der Waals surface area contributed by atoms with Gasteiger partial charge in [-0.25, -0.2) is 4.79 Å². The van der Waals surface area contributed by atoms with Gasteiger partial charge in [0, 0.05) is 59.8 Å². The lowest BCUT2D eigenvalue weighted by Crippen LogP contribution is -2.34. The first kappa shape index (κ1) is 22.2. The van der Waals surface area contributed by atoms with Gasteiger partial charge in [0.1, 0.15) is 16.5 Å². The Hall–Kier alpha value is -2.97. The zero-order chi connectivity index (χ0) is 22.7. The van der Waals surface area contributed by atoms with Gasteiger partial charge in [-0.3, -0.25) is 0 Å². The van der Waals surface area contributed by atoms with E-state index in [9.17, 15) is 4.79 Å². The van der Waals surface area contributed by atoms with Gasteiger partial charge in [-0.2, -0.15) is 0 Å². The number of methoxy groups -OCH3 is 2. The summed E-state index contributed by atoms with van der Waals surface area (Å²) in [5, 5.41) is 7.33. The van der Waals surface area contributed by atoms with Crippen LogP contribution in [0.3, 0.4) is 0 Å². The maximum absolute atomic E-state index is 13.0. The molecule has 0 fully saturated rings. The SMILES string of the molecule is CC[C@H](NC(=O)Nc1cc(OC)cc(OC)c1)c1c(-n2cccc2)sc2c1CCN(C)C2. The van der Waals surface area contributed by atoms with Crippen LogP contribution in [0.1, 0.15) is 35.4 Å². The largest absolute Gasteiger partial charge is 0.497 e. The van der Waals surface area contributed by atoms with Crippen molar-refractivity contribution in [3.63, 3.8) is 0 Å². The first-order chi connectivity index (χ1) is 15.5. The number of nitrogens with zero attached hydrogens (tertiary/aromatic N) is 2. The van der Waals surface area contributed by atoms with Gasteiger partial charge >= 0.3 is 6.03 Å². The lowest BCUT2D eigenvalue weighted by molar-refractivity contribution is 0.248. The number of likely N-dealkylation sites (N-methyl/N-ethyl adjacent to an activating group) is 1. The zero-order valence-corrected chi connectivity index (χ0v) is 19.8. The highest BCUT2D eigenvalue weighted by molar-refractivity contribution is 7.15. The fourth-order valence-corrected chi connectivity index (χ4v) is 5.60. The molecule has 0 aliphatic carbocycles. The van der Waals surface area contributed by atoms with E-state index in [1.165, 1.54) is 21.0 Å². The average Bonchev–Trinajstić information content (AvgIpc) is 3.44. The fourth-order valence-electron chi connectivity index (χ4n) is 4.15. The van der Waals surface area contributed by atoms with Gasteiger partial charge in [-0.05, 0) is 37.6 Å². The molecule has 2 amide bonds. The number of hydrogen-bond acceptors (Lipinski definition) is 5. The monoisotopic (exact) mass is 454 g/mol. The molecule has 3 aromatic rings. The topological polar surface area (TPSA) is 67.8 Å². The van der Waals surface area contributed by atoms with Crippen molar-refractivity contribution >= 4 is 23.1 Å². The molecule has 32 heavy (non-hydrogen) atoms. The number of nitrogens with one attached hydrogen (secondary N) is 2. The van der Waals surface area contributed by atoms with Gasteiger partial charge in [0.25, 0.3) is 0 Å². The van der Waals surface area contributed by atoms with Gasteiger partial charge in [0.2, 0.25) is 0 Å². The Balaban J connectivity index is 1.61. The van der Waals surface area contributed by atoms with Crippen LogP contribution in [0.2, 0.25) is 0 Å². The summed E-state index contributed by atoms with van der Waals surface area (Å²) < 4.78 is 12.8. The second-order valence-corrected chi connectivity index (χ2v) is 9.04. The van der Waals surface area contributed by atoms with Crippen molar-refractivity contribution in [1.29, 1.82) is 0 Å². The van der Waals surface area contributed by atoms with Crippen molar-refractivity contribution < 1.29 is 14.3 Å². The van der Waals surface area contributed by atoms with E-state index < -0.39 is 0 Å². The Kier molecular flexibility index (Phi) is 6.72. The second-order valence-electron chi connectivity index (χ2n) is 7.96. The highest BCUT2D eigenvalue weighted by Gasteiger charge is 2.28. The summed E-state index contributed by atoms with van der Waals surface area (Å²) in [5.74, 6) is 1.25. The molecule has 1 aliphatic rings. The summed E-state index contributed by atoms with van der Waals surface area (Å²) in [5.41, 5.74) is 3.23. The van der Waals surface area contributed by atoms with Crippen molar-refractivity contribution in [1.82, 2.24) is 14.8 Å². The van der Waals surface area contributed by atoms with Crippen molar-refractivity contribution in [2.24, 2.45) is 0 Å². The highest BCUT2D eigenvalue weighted by Crippen LogP contribution is 2.40. The van der Waals surface area contributed by atoms with E-state index in [2.05, 4.69) is 46.5 Å². The number of fused-ring (bicyclic) bond motifs is 1. The van der Waals surface area contributed by atoms with Crippen LogP contribution in [0.15, 0.2) is 42.7 Å². The first-order valence-corrected chi connectivity index (χ1v) is 11.6. The minimum absolute atomic E-state index is 0.0942. The Morgan fingerprint density at radius 2 is 1.84 bits per heavy atom. The minimum Gasteiger partial charge on any atom is -0.497 e. The third-order valence-electron chi connectivity index (χ3n) is 5.78. The number of rotatable bonds is 7. The lowest BCUT2D eigenvalue weighted by atomic mass is 9.96. The van der Waals surface area contributed by atoms with E-state index in [0.29, 0.717) is 17.2 Å². The van der Waals surface area contributed by atoms with Crippen LogP contribution in [0.25, 0.3) is 5.00 Å². The van der Waals surface area contributed by atoms with Crippen LogP contribution in [0, 0.1) is 0 Å². The van der Waals surface area contributed by atoms with E-state index in [1.807, 2.05) is 23.5 Å². The van der Waals surface area contributed by atoms with Crippen LogP contribution >= 0.6 is 11.3 Å². The number of aromatic nitrogens is 1. The van der Waals surface area contributed by atoms with Gasteiger partial charge in [-0.1, -0.05) is 6.92 Å². The van der Waals surface area contributed by atoms with E-state index in [-0.39, 0.29) is 12.1 Å². The smallest absolute Gasteiger partial charge is 0.319 e. The highest BCUT2D eigenvalue weighted by atomic mass is 32.1. The van der Waals surface area contributed by atoms with Gasteiger partial charge in [0.15, 0.2) is 0 Å². The molecule has 170 valence electrons. The molecule has 2 N–H and O–H groups in total. The first-order valence-electron chi connectivity index (χ1n) is 10.8. The summed E-state index contributed by atoms with van der Waals surface area (Å²) in [6.07, 6.45) is 5.92. The number of hydrogen-bond donors (Lipinski definition) is 2. The van der Waals surface area contributed by atoms with E-state index in [4.69, 9.17) is 9.47 Å². The molecule has 0 saturated heterocycles. The van der Waals surface area contributed by atoms with Gasteiger partial charge < -0.3 is 29.6 Å². The number of carbonyl (C=O) groups excluding carboxylic acids is 1. The number of ether oxygens (including phenoxy) is 2. The maximum Gasteiger partial charge on any atom is 0.319 e. The molecular formula is C24H30N4O3S. The Morgan fingerprint density at radius 3 is 2.47 bits per heavy atom. The van der Waals surface area contributed by atoms with Crippen LogP contribution in [-0.2, 0) is 13.0 Å². The molecule has 2 aromatic heterocycles. The van der Waals surface area contributed by atoms with E-state index in [1.54, 1.807) is 32.4 Å². The fraction of sp³-hybridized carbons (Fsp3) is 0.375. The van der Waals surface area contributed by atoms with Crippen molar-refractivity contribution in [3.8, 4) is 16.5 Å². The maximum atomic E-state index is 13.0. The van der Waals surface area contributed by atoms with Crippen molar-refractivity contribution in [2.75, 3.05) is 33.1 Å². The third-order valence-corrected chi connectivity index (χ3v) is 7.03. The number of benzene rings is 1. The molecule has 1 aliphatic heterocycles. The van der Waals surface area contributed by atoms with Crippen LogP contribution in [0.5, 0.6) is 11.5 Å². The van der Waals surface area contributed by atoms with E-state index >= 15 is 0 Å².